The average molecular weight is 196 g/mol. The molecule has 1 unspecified atom stereocenters. The second-order valence-electron chi connectivity index (χ2n) is 2.91. The summed E-state index contributed by atoms with van der Waals surface area (Å²) in [6, 6.07) is 0. The van der Waals surface area contributed by atoms with Crippen molar-refractivity contribution in [3.8, 4) is 0 Å². The molecule has 1 aliphatic heterocycles. The molecule has 0 bridgehead atoms. The normalized spacial score (nSPS) is 55.5. The minimum Gasteiger partial charge on any atom is -0.388 e. The van der Waals surface area contributed by atoms with Crippen molar-refractivity contribution in [2.75, 3.05) is 0 Å². The molecule has 6 heteroatoms. The van der Waals surface area contributed by atoms with Crippen LogP contribution in [0.5, 0.6) is 0 Å². The number of aliphatic hydroxyl groups is 4. The molecule has 0 radical (unpaired) electrons. The molecule has 1 aliphatic rings. The molecule has 0 aliphatic carbocycles. The van der Waals surface area contributed by atoms with Crippen LogP contribution >= 0.6 is 12.6 Å². The number of aliphatic hydroxyl groups excluding tert-OH is 3. The molecule has 0 amide bonds. The lowest BCUT2D eigenvalue weighted by molar-refractivity contribution is -0.296. The van der Waals surface area contributed by atoms with E-state index in [0.29, 0.717) is 0 Å². The Labute approximate surface area is 75.0 Å². The zero-order chi connectivity index (χ0) is 9.52. The predicted octanol–water partition coefficient (Wildman–Crippen LogP) is -1.94. The number of hydrogen-bond acceptors (Lipinski definition) is 6. The maximum Gasteiger partial charge on any atom is 0.242 e. The lowest BCUT2D eigenvalue weighted by atomic mass is 10.00. The fraction of sp³-hybridized carbons (Fsp3) is 1.00. The highest BCUT2D eigenvalue weighted by molar-refractivity contribution is 7.81. The van der Waals surface area contributed by atoms with E-state index in [2.05, 4.69) is 12.6 Å². The van der Waals surface area contributed by atoms with E-state index in [1.54, 1.807) is 0 Å². The highest BCUT2D eigenvalue weighted by atomic mass is 32.1. The molecule has 1 saturated heterocycles. The van der Waals surface area contributed by atoms with Gasteiger partial charge in [-0.25, -0.2) is 0 Å². The van der Waals surface area contributed by atoms with Crippen molar-refractivity contribution in [1.29, 1.82) is 0 Å². The topological polar surface area (TPSA) is 90.2 Å². The van der Waals surface area contributed by atoms with Gasteiger partial charge in [0.25, 0.3) is 0 Å². The van der Waals surface area contributed by atoms with E-state index in [-0.39, 0.29) is 0 Å². The first-order valence-electron chi connectivity index (χ1n) is 3.53. The minimum absolute atomic E-state index is 0.772. The van der Waals surface area contributed by atoms with Crippen LogP contribution in [-0.4, -0.2) is 50.0 Å². The van der Waals surface area contributed by atoms with Crippen LogP contribution in [-0.2, 0) is 4.74 Å². The fourth-order valence-corrected chi connectivity index (χ4v) is 1.42. The minimum atomic E-state index is -2.10. The van der Waals surface area contributed by atoms with Crippen LogP contribution in [0.2, 0.25) is 0 Å². The quantitative estimate of drug-likeness (QED) is 0.230. The number of rotatable bonds is 0. The molecule has 1 fully saturated rings. The predicted molar refractivity (Wildman–Crippen MR) is 42.5 cm³/mol. The first kappa shape index (κ1) is 10.2. The van der Waals surface area contributed by atoms with Crippen molar-refractivity contribution in [1.82, 2.24) is 0 Å². The Kier molecular flexibility index (Phi) is 2.67. The highest BCUT2D eigenvalue weighted by Gasteiger charge is 2.49. The zero-order valence-corrected chi connectivity index (χ0v) is 7.35. The summed E-state index contributed by atoms with van der Waals surface area (Å²) in [5.41, 5.74) is 0. The van der Waals surface area contributed by atoms with Crippen molar-refractivity contribution in [3.05, 3.63) is 0 Å². The lowest BCUT2D eigenvalue weighted by Crippen LogP contribution is -2.61. The molecular weight excluding hydrogens is 184 g/mol. The Hall–Kier alpha value is 0.150. The number of thiol groups is 1. The smallest absolute Gasteiger partial charge is 0.242 e. The Morgan fingerprint density at radius 2 is 1.75 bits per heavy atom. The van der Waals surface area contributed by atoms with Gasteiger partial charge in [0.1, 0.15) is 18.3 Å². The highest BCUT2D eigenvalue weighted by Crippen LogP contribution is 2.30. The van der Waals surface area contributed by atoms with Gasteiger partial charge in [0.15, 0.2) is 0 Å². The Balaban J connectivity index is 2.78. The third-order valence-corrected chi connectivity index (χ3v) is 2.27. The maximum atomic E-state index is 9.22. The summed E-state index contributed by atoms with van der Waals surface area (Å²) in [4.78, 5) is 0. The van der Waals surface area contributed by atoms with E-state index in [4.69, 9.17) is 20.1 Å². The number of ether oxygens (including phenoxy) is 1. The van der Waals surface area contributed by atoms with Gasteiger partial charge in [-0.05, 0) is 6.92 Å². The number of hydrogen-bond donors (Lipinski definition) is 5. The van der Waals surface area contributed by atoms with Gasteiger partial charge in [0, 0.05) is 0 Å². The standard InChI is InChI=1S/C6H12O5S/c1-2-3(7)4(8)5(9)6(10,12)11-2/h2-5,7-10,12H,1H3/t2-,3+,4+,5-,6?/m0/s1. The van der Waals surface area contributed by atoms with Crippen molar-refractivity contribution in [2.24, 2.45) is 0 Å². The molecular formula is C6H12O5S. The van der Waals surface area contributed by atoms with Gasteiger partial charge in [-0.3, -0.25) is 0 Å². The van der Waals surface area contributed by atoms with E-state index < -0.39 is 29.5 Å². The zero-order valence-electron chi connectivity index (χ0n) is 6.45. The molecule has 5 nitrogen and oxygen atoms in total. The van der Waals surface area contributed by atoms with E-state index in [1.807, 2.05) is 0 Å². The molecule has 0 spiro atoms. The largest absolute Gasteiger partial charge is 0.388 e. The summed E-state index contributed by atoms with van der Waals surface area (Å²) in [6.07, 6.45) is -5.05. The average Bonchev–Trinajstić information content (AvgIpc) is 1.97. The Morgan fingerprint density at radius 3 is 2.25 bits per heavy atom. The van der Waals surface area contributed by atoms with Crippen molar-refractivity contribution in [3.63, 3.8) is 0 Å². The third kappa shape index (κ3) is 1.59. The van der Waals surface area contributed by atoms with Gasteiger partial charge in [-0.15, -0.1) is 12.6 Å². The fourth-order valence-electron chi connectivity index (χ4n) is 1.10. The van der Waals surface area contributed by atoms with Crippen LogP contribution < -0.4 is 0 Å². The van der Waals surface area contributed by atoms with E-state index in [0.717, 1.165) is 0 Å². The molecule has 5 atom stereocenters. The van der Waals surface area contributed by atoms with Crippen molar-refractivity contribution < 1.29 is 25.2 Å². The molecule has 0 aromatic rings. The summed E-state index contributed by atoms with van der Waals surface area (Å²) in [5, 5.41) is 34.6. The second-order valence-corrected chi connectivity index (χ2v) is 3.55. The van der Waals surface area contributed by atoms with Crippen LogP contribution in [0.15, 0.2) is 0 Å². The van der Waals surface area contributed by atoms with Gasteiger partial charge < -0.3 is 25.2 Å². The van der Waals surface area contributed by atoms with Crippen LogP contribution in [0.25, 0.3) is 0 Å². The summed E-state index contributed by atoms with van der Waals surface area (Å²) in [6.45, 7) is 1.46. The Morgan fingerprint density at radius 1 is 1.25 bits per heavy atom. The molecule has 0 saturated carbocycles. The molecule has 12 heavy (non-hydrogen) atoms. The SMILES string of the molecule is C[C@@H]1OC(O)(S)[C@@H](O)[C@H](O)[C@@H]1O. The van der Waals surface area contributed by atoms with E-state index in [1.165, 1.54) is 6.92 Å². The van der Waals surface area contributed by atoms with E-state index in [9.17, 15) is 5.11 Å². The molecule has 1 rings (SSSR count). The summed E-state index contributed by atoms with van der Waals surface area (Å²) >= 11 is 3.58. The first-order valence-corrected chi connectivity index (χ1v) is 3.97. The summed E-state index contributed by atoms with van der Waals surface area (Å²) in [5.74, 6) is 0. The second kappa shape index (κ2) is 3.13. The molecule has 1 heterocycles. The molecule has 0 aromatic heterocycles. The van der Waals surface area contributed by atoms with Crippen molar-refractivity contribution >= 4 is 12.6 Å². The third-order valence-electron chi connectivity index (χ3n) is 1.90. The van der Waals surface area contributed by atoms with Crippen LogP contribution in [0.4, 0.5) is 0 Å². The van der Waals surface area contributed by atoms with E-state index >= 15 is 0 Å². The van der Waals surface area contributed by atoms with Gasteiger partial charge in [0.05, 0.1) is 6.10 Å². The first-order chi connectivity index (χ1) is 5.36. The Bertz CT molecular complexity index is 173. The summed E-state index contributed by atoms with van der Waals surface area (Å²) < 4.78 is 4.73. The summed E-state index contributed by atoms with van der Waals surface area (Å²) in [7, 11) is 0. The molecule has 0 aromatic carbocycles. The molecule has 4 N–H and O–H groups in total. The van der Waals surface area contributed by atoms with Gasteiger partial charge in [0.2, 0.25) is 5.12 Å². The monoisotopic (exact) mass is 196 g/mol. The van der Waals surface area contributed by atoms with Crippen LogP contribution in [0, 0.1) is 0 Å². The van der Waals surface area contributed by atoms with Crippen LogP contribution in [0.3, 0.4) is 0 Å². The molecule has 72 valence electrons. The van der Waals surface area contributed by atoms with Crippen LogP contribution in [0.1, 0.15) is 6.92 Å². The van der Waals surface area contributed by atoms with Crippen molar-refractivity contribution in [2.45, 2.75) is 36.5 Å². The van der Waals surface area contributed by atoms with Gasteiger partial charge in [-0.2, -0.15) is 0 Å². The lowest BCUT2D eigenvalue weighted by Gasteiger charge is -2.42. The van der Waals surface area contributed by atoms with Gasteiger partial charge >= 0.3 is 0 Å². The van der Waals surface area contributed by atoms with Gasteiger partial charge in [-0.1, -0.05) is 0 Å². The maximum absolute atomic E-state index is 9.22.